The van der Waals surface area contributed by atoms with E-state index in [4.69, 9.17) is 5.11 Å². The highest BCUT2D eigenvalue weighted by molar-refractivity contribution is 9.10. The van der Waals surface area contributed by atoms with Crippen molar-refractivity contribution in [1.29, 1.82) is 0 Å². The predicted molar refractivity (Wildman–Crippen MR) is 51.8 cm³/mol. The molecule has 1 rings (SSSR count). The third-order valence-corrected chi connectivity index (χ3v) is 1.69. The molecule has 1 aliphatic heterocycles. The van der Waals surface area contributed by atoms with E-state index >= 15 is 0 Å². The molecule has 5 heteroatoms. The van der Waals surface area contributed by atoms with Gasteiger partial charge in [0.25, 0.3) is 0 Å². The molecule has 0 spiro atoms. The quantitative estimate of drug-likeness (QED) is 0.565. The maximum Gasteiger partial charge on any atom is 0.316 e. The van der Waals surface area contributed by atoms with Crippen molar-refractivity contribution in [3.05, 3.63) is 0 Å². The van der Waals surface area contributed by atoms with Gasteiger partial charge in [0.2, 0.25) is 0 Å². The average Bonchev–Trinajstić information content (AvgIpc) is 2.08. The summed E-state index contributed by atoms with van der Waals surface area (Å²) in [6, 6.07) is 0. The maximum atomic E-state index is 9.65. The molecule has 0 radical (unpaired) electrons. The lowest BCUT2D eigenvalue weighted by molar-refractivity contribution is -0.135. The van der Waals surface area contributed by atoms with Crippen LogP contribution >= 0.6 is 15.9 Å². The van der Waals surface area contributed by atoms with Gasteiger partial charge in [-0.05, 0) is 6.92 Å². The molecular formula is C7H15BrN2O2. The van der Waals surface area contributed by atoms with Crippen molar-refractivity contribution in [3.63, 3.8) is 0 Å². The third kappa shape index (κ3) is 7.97. The molecule has 12 heavy (non-hydrogen) atoms. The number of halogens is 1. The predicted octanol–water partition coefficient (Wildman–Crippen LogP) is 0.0336. The number of carboxylic acids is 1. The largest absolute Gasteiger partial charge is 0.480 e. The van der Waals surface area contributed by atoms with Gasteiger partial charge in [-0.15, -0.1) is 0 Å². The van der Waals surface area contributed by atoms with E-state index in [1.165, 1.54) is 0 Å². The minimum Gasteiger partial charge on any atom is -0.480 e. The Hall–Kier alpha value is -0.130. The molecule has 4 nitrogen and oxygen atoms in total. The van der Waals surface area contributed by atoms with Crippen molar-refractivity contribution < 1.29 is 9.90 Å². The van der Waals surface area contributed by atoms with E-state index in [2.05, 4.69) is 26.6 Å². The summed E-state index contributed by atoms with van der Waals surface area (Å²) in [7, 11) is 0. The molecule has 1 atom stereocenters. The smallest absolute Gasteiger partial charge is 0.316 e. The fraction of sp³-hybridized carbons (Fsp3) is 0.857. The summed E-state index contributed by atoms with van der Waals surface area (Å²) in [5.41, 5.74) is 0. The molecule has 1 fully saturated rings. The molecule has 0 aromatic rings. The molecular weight excluding hydrogens is 224 g/mol. The number of hydrogen-bond acceptors (Lipinski definition) is 3. The Kier molecular flexibility index (Phi) is 7.43. The van der Waals surface area contributed by atoms with Crippen molar-refractivity contribution in [3.8, 4) is 0 Å². The van der Waals surface area contributed by atoms with E-state index in [9.17, 15) is 4.79 Å². The van der Waals surface area contributed by atoms with E-state index in [0.717, 1.165) is 26.2 Å². The van der Waals surface area contributed by atoms with Crippen LogP contribution in [0.25, 0.3) is 0 Å². The Morgan fingerprint density at radius 2 is 1.58 bits per heavy atom. The van der Waals surface area contributed by atoms with E-state index < -0.39 is 10.8 Å². The first-order valence-electron chi connectivity index (χ1n) is 3.93. The second-order valence-electron chi connectivity index (χ2n) is 2.45. The lowest BCUT2D eigenvalue weighted by Crippen LogP contribution is -2.39. The summed E-state index contributed by atoms with van der Waals surface area (Å²) in [6.45, 7) is 6.11. The fourth-order valence-electron chi connectivity index (χ4n) is 0.604. The Morgan fingerprint density at radius 1 is 1.33 bits per heavy atom. The van der Waals surface area contributed by atoms with Crippen LogP contribution < -0.4 is 10.6 Å². The van der Waals surface area contributed by atoms with Crippen LogP contribution in [0.4, 0.5) is 0 Å². The number of rotatable bonds is 1. The van der Waals surface area contributed by atoms with Crippen molar-refractivity contribution >= 4 is 21.9 Å². The zero-order valence-corrected chi connectivity index (χ0v) is 8.73. The lowest BCUT2D eigenvalue weighted by Gasteiger charge is -2.11. The molecule has 0 aliphatic carbocycles. The third-order valence-electron chi connectivity index (χ3n) is 1.30. The van der Waals surface area contributed by atoms with Crippen LogP contribution in [0.3, 0.4) is 0 Å². The maximum absolute atomic E-state index is 9.65. The lowest BCUT2D eigenvalue weighted by atomic mass is 10.4. The Morgan fingerprint density at radius 3 is 1.67 bits per heavy atom. The minimum absolute atomic E-state index is 0.419. The SMILES string of the molecule is C1CNCCN1.CC(Br)C(=O)O. The van der Waals surface area contributed by atoms with Gasteiger partial charge in [0.15, 0.2) is 0 Å². The number of carbonyl (C=O) groups is 1. The van der Waals surface area contributed by atoms with Crippen LogP contribution in [0.2, 0.25) is 0 Å². The minimum atomic E-state index is -0.824. The van der Waals surface area contributed by atoms with E-state index in [-0.39, 0.29) is 0 Å². The number of carboxylic acid groups (broad SMARTS) is 1. The van der Waals surface area contributed by atoms with Gasteiger partial charge in [-0.2, -0.15) is 0 Å². The monoisotopic (exact) mass is 238 g/mol. The molecule has 1 saturated heterocycles. The fourth-order valence-corrected chi connectivity index (χ4v) is 0.604. The zero-order chi connectivity index (χ0) is 9.40. The zero-order valence-electron chi connectivity index (χ0n) is 7.14. The van der Waals surface area contributed by atoms with Crippen LogP contribution in [-0.2, 0) is 4.79 Å². The summed E-state index contributed by atoms with van der Waals surface area (Å²) in [5, 5.41) is 14.4. The standard InChI is InChI=1S/C4H10N2.C3H5BrO2/c1-2-6-4-3-5-1;1-2(4)3(5)6/h5-6H,1-4H2;2H,1H3,(H,5,6). The highest BCUT2D eigenvalue weighted by atomic mass is 79.9. The van der Waals surface area contributed by atoms with Gasteiger partial charge < -0.3 is 15.7 Å². The molecule has 72 valence electrons. The summed E-state index contributed by atoms with van der Waals surface area (Å²) in [6.07, 6.45) is 0. The molecule has 1 unspecified atom stereocenters. The highest BCUT2D eigenvalue weighted by Crippen LogP contribution is 1.93. The van der Waals surface area contributed by atoms with Gasteiger partial charge in [0.05, 0.1) is 0 Å². The van der Waals surface area contributed by atoms with Crippen LogP contribution in [0.1, 0.15) is 6.92 Å². The Labute approximate surface area is 80.9 Å². The van der Waals surface area contributed by atoms with Crippen LogP contribution in [0.5, 0.6) is 0 Å². The number of nitrogens with one attached hydrogen (secondary N) is 2. The van der Waals surface area contributed by atoms with Gasteiger partial charge in [-0.3, -0.25) is 4.79 Å². The first kappa shape index (κ1) is 11.9. The molecule has 1 heterocycles. The van der Waals surface area contributed by atoms with Crippen molar-refractivity contribution in [2.75, 3.05) is 26.2 Å². The molecule has 3 N–H and O–H groups in total. The highest BCUT2D eigenvalue weighted by Gasteiger charge is 2.01. The summed E-state index contributed by atoms with van der Waals surface area (Å²) >= 11 is 2.84. The number of hydrogen-bond donors (Lipinski definition) is 3. The van der Waals surface area contributed by atoms with E-state index in [1.54, 1.807) is 6.92 Å². The molecule has 0 aromatic carbocycles. The first-order chi connectivity index (χ1) is 5.64. The van der Waals surface area contributed by atoms with Crippen LogP contribution in [0.15, 0.2) is 0 Å². The second-order valence-corrected chi connectivity index (χ2v) is 3.83. The normalized spacial score (nSPS) is 18.8. The van der Waals surface area contributed by atoms with Gasteiger partial charge in [-0.25, -0.2) is 0 Å². The molecule has 0 bridgehead atoms. The summed E-state index contributed by atoms with van der Waals surface area (Å²) in [4.78, 5) is 9.23. The molecule has 0 amide bonds. The second kappa shape index (κ2) is 7.52. The number of piperazine rings is 1. The van der Waals surface area contributed by atoms with Gasteiger partial charge in [-0.1, -0.05) is 15.9 Å². The van der Waals surface area contributed by atoms with Gasteiger partial charge in [0, 0.05) is 26.2 Å². The summed E-state index contributed by atoms with van der Waals surface area (Å²) in [5.74, 6) is -0.824. The summed E-state index contributed by atoms with van der Waals surface area (Å²) < 4.78 is 0. The average molecular weight is 239 g/mol. The van der Waals surface area contributed by atoms with Crippen molar-refractivity contribution in [2.45, 2.75) is 11.8 Å². The first-order valence-corrected chi connectivity index (χ1v) is 4.84. The molecule has 0 aromatic heterocycles. The molecule has 1 aliphatic rings. The van der Waals surface area contributed by atoms with Gasteiger partial charge in [0.1, 0.15) is 4.83 Å². The number of alkyl halides is 1. The van der Waals surface area contributed by atoms with Crippen molar-refractivity contribution in [2.24, 2.45) is 0 Å². The molecule has 0 saturated carbocycles. The van der Waals surface area contributed by atoms with E-state index in [1.807, 2.05) is 0 Å². The van der Waals surface area contributed by atoms with Crippen LogP contribution in [0, 0.1) is 0 Å². The van der Waals surface area contributed by atoms with E-state index in [0.29, 0.717) is 0 Å². The van der Waals surface area contributed by atoms with Crippen LogP contribution in [-0.4, -0.2) is 42.1 Å². The van der Waals surface area contributed by atoms with Crippen molar-refractivity contribution in [1.82, 2.24) is 10.6 Å². The Balaban J connectivity index is 0.000000202. The number of aliphatic carboxylic acids is 1. The van der Waals surface area contributed by atoms with Gasteiger partial charge >= 0.3 is 5.97 Å². The topological polar surface area (TPSA) is 61.4 Å². The Bertz CT molecular complexity index is 115.